The Labute approximate surface area is 154 Å². The van der Waals surface area contributed by atoms with E-state index in [1.165, 1.54) is 22.5 Å². The molecule has 0 radical (unpaired) electrons. The van der Waals surface area contributed by atoms with Crippen LogP contribution in [0.15, 0.2) is 54.7 Å². The molecule has 0 unspecified atom stereocenters. The molecule has 1 saturated heterocycles. The van der Waals surface area contributed by atoms with Crippen molar-refractivity contribution >= 4 is 10.9 Å². The van der Waals surface area contributed by atoms with Gasteiger partial charge in [-0.05, 0) is 37.1 Å². The van der Waals surface area contributed by atoms with E-state index < -0.39 is 0 Å². The molecule has 4 rings (SSSR count). The van der Waals surface area contributed by atoms with Crippen LogP contribution in [0.5, 0.6) is 0 Å². The van der Waals surface area contributed by atoms with E-state index in [0.717, 1.165) is 51.3 Å². The van der Waals surface area contributed by atoms with Crippen LogP contribution in [0.2, 0.25) is 0 Å². The molecule has 1 aliphatic heterocycles. The molecule has 1 aromatic heterocycles. The van der Waals surface area contributed by atoms with E-state index in [1.54, 1.807) is 6.07 Å². The van der Waals surface area contributed by atoms with E-state index >= 15 is 0 Å². The number of hydrogen-bond acceptors (Lipinski definition) is 2. The normalized spacial score (nSPS) is 15.6. The summed E-state index contributed by atoms with van der Waals surface area (Å²) in [5.74, 6) is -0.140. The van der Waals surface area contributed by atoms with Gasteiger partial charge in [0.15, 0.2) is 0 Å². The van der Waals surface area contributed by atoms with Gasteiger partial charge in [0.05, 0.1) is 19.8 Å². The Bertz CT molecular complexity index is 867. The van der Waals surface area contributed by atoms with Crippen LogP contribution in [0, 0.1) is 5.82 Å². The number of hydrogen-bond donors (Lipinski definition) is 0. The first-order chi connectivity index (χ1) is 12.8. The number of rotatable bonds is 6. The van der Waals surface area contributed by atoms with Crippen LogP contribution in [-0.2, 0) is 17.7 Å². The van der Waals surface area contributed by atoms with Crippen LogP contribution >= 0.6 is 0 Å². The van der Waals surface area contributed by atoms with Gasteiger partial charge in [-0.2, -0.15) is 0 Å². The zero-order valence-corrected chi connectivity index (χ0v) is 15.0. The van der Waals surface area contributed by atoms with Gasteiger partial charge in [-0.1, -0.05) is 36.4 Å². The minimum absolute atomic E-state index is 0.140. The number of benzene rings is 2. The Morgan fingerprint density at radius 2 is 1.69 bits per heavy atom. The first-order valence-corrected chi connectivity index (χ1v) is 9.41. The van der Waals surface area contributed by atoms with E-state index in [0.29, 0.717) is 6.54 Å². The van der Waals surface area contributed by atoms with Gasteiger partial charge < -0.3 is 9.30 Å². The second-order valence-corrected chi connectivity index (χ2v) is 6.95. The fourth-order valence-corrected chi connectivity index (χ4v) is 3.78. The molecule has 2 heterocycles. The molecule has 0 atom stereocenters. The second-order valence-electron chi connectivity index (χ2n) is 6.95. The number of aromatic nitrogens is 1. The number of ether oxygens (including phenoxy) is 1. The molecule has 0 bridgehead atoms. The van der Waals surface area contributed by atoms with Gasteiger partial charge in [-0.25, -0.2) is 4.39 Å². The molecular formula is C22H25FN2O. The van der Waals surface area contributed by atoms with Crippen LogP contribution in [0.25, 0.3) is 10.9 Å². The number of nitrogens with zero attached hydrogens (tertiary/aromatic N) is 2. The van der Waals surface area contributed by atoms with Crippen LogP contribution in [-0.4, -0.2) is 42.3 Å². The summed E-state index contributed by atoms with van der Waals surface area (Å²) in [5.41, 5.74) is 3.26. The Kier molecular flexibility index (Phi) is 5.32. The third-order valence-corrected chi connectivity index (χ3v) is 5.19. The lowest BCUT2D eigenvalue weighted by molar-refractivity contribution is 0.0375. The second kappa shape index (κ2) is 8.02. The lowest BCUT2D eigenvalue weighted by Crippen LogP contribution is -2.36. The molecular weight excluding hydrogens is 327 g/mol. The highest BCUT2D eigenvalue weighted by atomic mass is 19.1. The lowest BCUT2D eigenvalue weighted by atomic mass is 10.1. The van der Waals surface area contributed by atoms with Crippen LogP contribution in [0.1, 0.15) is 17.5 Å². The number of fused-ring (bicyclic) bond motifs is 1. The molecule has 1 fully saturated rings. The standard InChI is InChI=1S/C22H25FN2O/c23-21-9-3-1-6-19(21)17-25-16-18(20-8-2-4-10-22(20)25)7-5-11-24-12-14-26-15-13-24/h1-4,6,8-10,16H,5,7,11-15,17H2. The van der Waals surface area contributed by atoms with Crippen molar-refractivity contribution in [2.24, 2.45) is 0 Å². The summed E-state index contributed by atoms with van der Waals surface area (Å²) < 4.78 is 21.7. The summed E-state index contributed by atoms with van der Waals surface area (Å²) in [7, 11) is 0. The molecule has 0 saturated carbocycles. The van der Waals surface area contributed by atoms with Crippen LogP contribution < -0.4 is 0 Å². The highest BCUT2D eigenvalue weighted by molar-refractivity contribution is 5.84. The Hall–Kier alpha value is -2.17. The zero-order chi connectivity index (χ0) is 17.8. The van der Waals surface area contributed by atoms with Crippen molar-refractivity contribution in [3.05, 3.63) is 71.7 Å². The van der Waals surface area contributed by atoms with Gasteiger partial charge >= 0.3 is 0 Å². The number of para-hydroxylation sites is 1. The smallest absolute Gasteiger partial charge is 0.128 e. The third kappa shape index (κ3) is 3.81. The van der Waals surface area contributed by atoms with Crippen molar-refractivity contribution in [2.75, 3.05) is 32.8 Å². The highest BCUT2D eigenvalue weighted by Gasteiger charge is 2.12. The largest absolute Gasteiger partial charge is 0.379 e. The number of halogens is 1. The maximum absolute atomic E-state index is 14.1. The van der Waals surface area contributed by atoms with E-state index in [2.05, 4.69) is 39.9 Å². The van der Waals surface area contributed by atoms with Gasteiger partial charge in [-0.3, -0.25) is 4.90 Å². The van der Waals surface area contributed by atoms with E-state index in [9.17, 15) is 4.39 Å². The minimum Gasteiger partial charge on any atom is -0.379 e. The van der Waals surface area contributed by atoms with E-state index in [-0.39, 0.29) is 5.82 Å². The van der Waals surface area contributed by atoms with Crippen molar-refractivity contribution in [3.63, 3.8) is 0 Å². The molecule has 2 aromatic carbocycles. The highest BCUT2D eigenvalue weighted by Crippen LogP contribution is 2.24. The average molecular weight is 352 g/mol. The van der Waals surface area contributed by atoms with E-state index in [1.807, 2.05) is 12.1 Å². The number of morpholine rings is 1. The molecule has 0 spiro atoms. The fraction of sp³-hybridized carbons (Fsp3) is 0.364. The third-order valence-electron chi connectivity index (χ3n) is 5.19. The molecule has 136 valence electrons. The molecule has 1 aliphatic rings. The fourth-order valence-electron chi connectivity index (χ4n) is 3.78. The van der Waals surface area contributed by atoms with Crippen molar-refractivity contribution < 1.29 is 9.13 Å². The predicted molar refractivity (Wildman–Crippen MR) is 103 cm³/mol. The molecule has 26 heavy (non-hydrogen) atoms. The van der Waals surface area contributed by atoms with Gasteiger partial charge in [0.2, 0.25) is 0 Å². The Morgan fingerprint density at radius 3 is 2.54 bits per heavy atom. The van der Waals surface area contributed by atoms with Crippen molar-refractivity contribution in [1.82, 2.24) is 9.47 Å². The first-order valence-electron chi connectivity index (χ1n) is 9.41. The van der Waals surface area contributed by atoms with Gasteiger partial charge in [0.1, 0.15) is 5.82 Å². The monoisotopic (exact) mass is 352 g/mol. The van der Waals surface area contributed by atoms with Crippen LogP contribution in [0.3, 0.4) is 0 Å². The Morgan fingerprint density at radius 1 is 0.923 bits per heavy atom. The SMILES string of the molecule is Fc1ccccc1Cn1cc(CCCN2CCOCC2)c2ccccc21. The molecule has 0 amide bonds. The molecule has 3 aromatic rings. The van der Waals surface area contributed by atoms with Gasteiger partial charge in [-0.15, -0.1) is 0 Å². The number of aryl methyl sites for hydroxylation is 1. The van der Waals surface area contributed by atoms with Crippen LogP contribution in [0.4, 0.5) is 4.39 Å². The minimum atomic E-state index is -0.140. The lowest BCUT2D eigenvalue weighted by Gasteiger charge is -2.26. The van der Waals surface area contributed by atoms with Gasteiger partial charge in [0, 0.05) is 35.8 Å². The average Bonchev–Trinajstić information content (AvgIpc) is 3.02. The predicted octanol–water partition coefficient (Wildman–Crippen LogP) is 4.09. The summed E-state index contributed by atoms with van der Waals surface area (Å²) >= 11 is 0. The van der Waals surface area contributed by atoms with Crippen molar-refractivity contribution in [2.45, 2.75) is 19.4 Å². The van der Waals surface area contributed by atoms with Gasteiger partial charge in [0.25, 0.3) is 0 Å². The quantitative estimate of drug-likeness (QED) is 0.665. The summed E-state index contributed by atoms with van der Waals surface area (Å²) in [6.45, 7) is 5.45. The topological polar surface area (TPSA) is 17.4 Å². The van der Waals surface area contributed by atoms with E-state index in [4.69, 9.17) is 4.74 Å². The molecule has 0 aliphatic carbocycles. The van der Waals surface area contributed by atoms with Crippen molar-refractivity contribution in [3.8, 4) is 0 Å². The summed E-state index contributed by atoms with van der Waals surface area (Å²) in [4.78, 5) is 2.47. The maximum atomic E-state index is 14.1. The summed E-state index contributed by atoms with van der Waals surface area (Å²) in [6.07, 6.45) is 4.38. The molecule has 3 nitrogen and oxygen atoms in total. The Balaban J connectivity index is 1.51. The molecule has 0 N–H and O–H groups in total. The summed E-state index contributed by atoms with van der Waals surface area (Å²) in [5, 5.41) is 1.28. The first kappa shape index (κ1) is 17.3. The zero-order valence-electron chi connectivity index (χ0n) is 15.0. The summed E-state index contributed by atoms with van der Waals surface area (Å²) in [6, 6.07) is 15.5. The molecule has 4 heteroatoms. The maximum Gasteiger partial charge on any atom is 0.128 e. The van der Waals surface area contributed by atoms with Crippen molar-refractivity contribution in [1.29, 1.82) is 0 Å².